The van der Waals surface area contributed by atoms with E-state index < -0.39 is 15.7 Å². The average molecular weight is 381 g/mol. The van der Waals surface area contributed by atoms with Gasteiger partial charge in [-0.05, 0) is 18.6 Å². The number of nitrogens with zero attached hydrogens (tertiary/aromatic N) is 1. The minimum atomic E-state index is -0.611. The summed E-state index contributed by atoms with van der Waals surface area (Å²) < 4.78 is 5.19. The van der Waals surface area contributed by atoms with Crippen LogP contribution in [0.3, 0.4) is 0 Å². The lowest BCUT2D eigenvalue weighted by molar-refractivity contribution is -0.385. The van der Waals surface area contributed by atoms with Crippen molar-refractivity contribution < 1.29 is 14.5 Å². The van der Waals surface area contributed by atoms with E-state index >= 15 is 0 Å². The topological polar surface area (TPSA) is 69.4 Å². The monoisotopic (exact) mass is 379 g/mol. The fourth-order valence-electron chi connectivity index (χ4n) is 1.51. The molecular formula is C11H11Br2NO4. The van der Waals surface area contributed by atoms with Gasteiger partial charge in [-0.2, -0.15) is 0 Å². The lowest BCUT2D eigenvalue weighted by Crippen LogP contribution is -2.19. The summed E-state index contributed by atoms with van der Waals surface area (Å²) in [7, 11) is 1.27. The van der Waals surface area contributed by atoms with Gasteiger partial charge in [-0.1, -0.05) is 31.9 Å². The van der Waals surface area contributed by atoms with Gasteiger partial charge in [0, 0.05) is 22.5 Å². The van der Waals surface area contributed by atoms with E-state index in [0.717, 1.165) is 5.56 Å². The molecule has 0 radical (unpaired) electrons. The Bertz CT molecular complexity index is 490. The van der Waals surface area contributed by atoms with Crippen molar-refractivity contribution in [3.63, 3.8) is 0 Å². The lowest BCUT2D eigenvalue weighted by atomic mass is 10.1. The number of benzene rings is 1. The number of esters is 1. The van der Waals surface area contributed by atoms with Crippen LogP contribution in [0.15, 0.2) is 16.6 Å². The molecule has 0 saturated heterocycles. The fourth-order valence-corrected chi connectivity index (χ4v) is 2.75. The minimum Gasteiger partial charge on any atom is -0.468 e. The van der Waals surface area contributed by atoms with Crippen LogP contribution in [0.25, 0.3) is 0 Å². The van der Waals surface area contributed by atoms with E-state index in [1.165, 1.54) is 13.2 Å². The molecule has 1 aromatic carbocycles. The molecule has 7 heteroatoms. The van der Waals surface area contributed by atoms with Crippen LogP contribution in [0.5, 0.6) is 0 Å². The molecular weight excluding hydrogens is 370 g/mol. The molecule has 0 amide bonds. The number of hydrogen-bond acceptors (Lipinski definition) is 4. The smallest absolute Gasteiger partial charge is 0.319 e. The quantitative estimate of drug-likeness (QED) is 0.348. The predicted molar refractivity (Wildman–Crippen MR) is 74.0 cm³/mol. The third-order valence-corrected chi connectivity index (χ3v) is 3.76. The van der Waals surface area contributed by atoms with Crippen molar-refractivity contribution in [2.24, 2.45) is 0 Å². The second-order valence-corrected chi connectivity index (χ2v) is 5.66. The van der Waals surface area contributed by atoms with Gasteiger partial charge in [-0.3, -0.25) is 14.9 Å². The normalized spacial score (nSPS) is 12.0. The maximum absolute atomic E-state index is 11.3. The van der Waals surface area contributed by atoms with Gasteiger partial charge in [0.25, 0.3) is 5.69 Å². The van der Waals surface area contributed by atoms with Gasteiger partial charge in [0.2, 0.25) is 0 Å². The molecule has 1 unspecified atom stereocenters. The molecule has 1 rings (SSSR count). The average Bonchev–Trinajstić information content (AvgIpc) is 2.30. The highest BCUT2D eigenvalue weighted by Gasteiger charge is 2.24. The Morgan fingerprint density at radius 2 is 2.17 bits per heavy atom. The Kier molecular flexibility index (Phi) is 5.28. The number of rotatable bonds is 4. The van der Waals surface area contributed by atoms with Crippen LogP contribution in [0.2, 0.25) is 0 Å². The van der Waals surface area contributed by atoms with Gasteiger partial charge in [0.05, 0.1) is 12.0 Å². The highest BCUT2D eigenvalue weighted by molar-refractivity contribution is 9.10. The molecule has 0 N–H and O–H groups in total. The highest BCUT2D eigenvalue weighted by Crippen LogP contribution is 2.31. The standard InChI is InChI=1S/C11H11Br2NO4/c1-6-3-8(12)7(10(4-6)14(16)17)5-9(13)11(15)18-2/h3-4,9H,5H2,1-2H3. The zero-order chi connectivity index (χ0) is 13.9. The van der Waals surface area contributed by atoms with Gasteiger partial charge >= 0.3 is 5.97 Å². The highest BCUT2D eigenvalue weighted by atomic mass is 79.9. The molecule has 0 saturated carbocycles. The fraction of sp³-hybridized carbons (Fsp3) is 0.364. The molecule has 1 atom stereocenters. The molecule has 5 nitrogen and oxygen atoms in total. The number of ether oxygens (including phenoxy) is 1. The third-order valence-electron chi connectivity index (χ3n) is 2.35. The Hall–Kier alpha value is -0.950. The second kappa shape index (κ2) is 6.29. The summed E-state index contributed by atoms with van der Waals surface area (Å²) in [5.41, 5.74) is 1.25. The summed E-state index contributed by atoms with van der Waals surface area (Å²) in [5.74, 6) is -0.461. The Labute approximate surface area is 121 Å². The van der Waals surface area contributed by atoms with Gasteiger partial charge in [-0.15, -0.1) is 0 Å². The van der Waals surface area contributed by atoms with Crippen LogP contribution in [0.1, 0.15) is 11.1 Å². The number of carbonyl (C=O) groups excluding carboxylic acids is 1. The maximum atomic E-state index is 11.3. The number of carbonyl (C=O) groups is 1. The number of hydrogen-bond donors (Lipinski definition) is 0. The van der Waals surface area contributed by atoms with Crippen molar-refractivity contribution in [3.05, 3.63) is 37.8 Å². The van der Waals surface area contributed by atoms with E-state index in [-0.39, 0.29) is 12.1 Å². The molecule has 0 aliphatic carbocycles. The van der Waals surface area contributed by atoms with E-state index in [4.69, 9.17) is 0 Å². The zero-order valence-corrected chi connectivity index (χ0v) is 12.9. The predicted octanol–water partition coefficient (Wildman–Crippen LogP) is 3.14. The van der Waals surface area contributed by atoms with Crippen molar-refractivity contribution in [3.8, 4) is 0 Å². The molecule has 18 heavy (non-hydrogen) atoms. The van der Waals surface area contributed by atoms with Crippen LogP contribution < -0.4 is 0 Å². The summed E-state index contributed by atoms with van der Waals surface area (Å²) in [5, 5.41) is 11.0. The van der Waals surface area contributed by atoms with Gasteiger partial charge in [-0.25, -0.2) is 0 Å². The van der Waals surface area contributed by atoms with E-state index in [0.29, 0.717) is 10.0 Å². The SMILES string of the molecule is COC(=O)C(Br)Cc1c(Br)cc(C)cc1[N+](=O)[O-]. The summed E-state index contributed by atoms with van der Waals surface area (Å²) in [6.45, 7) is 1.77. The van der Waals surface area contributed by atoms with Crippen LogP contribution in [0, 0.1) is 17.0 Å². The maximum Gasteiger partial charge on any atom is 0.319 e. The van der Waals surface area contributed by atoms with E-state index in [1.807, 2.05) is 0 Å². The van der Waals surface area contributed by atoms with Gasteiger partial charge in [0.1, 0.15) is 4.83 Å². The molecule has 0 aromatic heterocycles. The first-order valence-electron chi connectivity index (χ1n) is 5.02. The number of aryl methyl sites for hydroxylation is 1. The molecule has 0 heterocycles. The molecule has 0 spiro atoms. The van der Waals surface area contributed by atoms with E-state index in [9.17, 15) is 14.9 Å². The minimum absolute atomic E-state index is 0.00442. The van der Waals surface area contributed by atoms with Gasteiger partial charge in [0.15, 0.2) is 0 Å². The van der Waals surface area contributed by atoms with Crippen molar-refractivity contribution in [1.29, 1.82) is 0 Å². The number of methoxy groups -OCH3 is 1. The van der Waals surface area contributed by atoms with Crippen molar-refractivity contribution in [2.45, 2.75) is 18.2 Å². The molecule has 0 aliphatic rings. The van der Waals surface area contributed by atoms with Crippen LogP contribution in [0.4, 0.5) is 5.69 Å². The van der Waals surface area contributed by atoms with Crippen molar-refractivity contribution in [2.75, 3.05) is 7.11 Å². The lowest BCUT2D eigenvalue weighted by Gasteiger charge is -2.10. The molecule has 1 aromatic rings. The first kappa shape index (κ1) is 15.1. The number of alkyl halides is 1. The number of nitro groups is 1. The Morgan fingerprint density at radius 3 is 2.67 bits per heavy atom. The van der Waals surface area contributed by atoms with E-state index in [1.54, 1.807) is 13.0 Å². The molecule has 0 bridgehead atoms. The first-order valence-corrected chi connectivity index (χ1v) is 6.73. The van der Waals surface area contributed by atoms with Crippen LogP contribution in [-0.4, -0.2) is 22.8 Å². The van der Waals surface area contributed by atoms with E-state index in [2.05, 4.69) is 36.6 Å². The molecule has 98 valence electrons. The van der Waals surface area contributed by atoms with Gasteiger partial charge < -0.3 is 4.74 Å². The Balaban J connectivity index is 3.15. The summed E-state index contributed by atoms with van der Waals surface area (Å²) >= 11 is 6.45. The summed E-state index contributed by atoms with van der Waals surface area (Å²) in [6.07, 6.45) is 0.184. The number of halogens is 2. The first-order chi connectivity index (χ1) is 8.36. The zero-order valence-electron chi connectivity index (χ0n) is 9.78. The van der Waals surface area contributed by atoms with Crippen molar-refractivity contribution in [1.82, 2.24) is 0 Å². The van der Waals surface area contributed by atoms with Crippen LogP contribution in [-0.2, 0) is 16.0 Å². The summed E-state index contributed by atoms with van der Waals surface area (Å²) in [6, 6.07) is 3.26. The number of nitro benzene ring substituents is 1. The summed E-state index contributed by atoms with van der Waals surface area (Å²) in [4.78, 5) is 21.3. The second-order valence-electron chi connectivity index (χ2n) is 3.70. The van der Waals surface area contributed by atoms with Crippen molar-refractivity contribution >= 4 is 43.5 Å². The van der Waals surface area contributed by atoms with Crippen LogP contribution >= 0.6 is 31.9 Å². The Morgan fingerprint density at radius 1 is 1.56 bits per heavy atom. The third kappa shape index (κ3) is 3.52. The molecule has 0 aliphatic heterocycles. The molecule has 0 fully saturated rings. The largest absolute Gasteiger partial charge is 0.468 e.